The van der Waals surface area contributed by atoms with Crippen molar-refractivity contribution < 1.29 is 24.1 Å². The van der Waals surface area contributed by atoms with Gasteiger partial charge in [0.25, 0.3) is 0 Å². The van der Waals surface area contributed by atoms with Crippen molar-refractivity contribution in [3.8, 4) is 45.1 Å². The minimum atomic E-state index is 0.0425. The maximum atomic E-state index is 6.74. The van der Waals surface area contributed by atoms with Crippen LogP contribution in [-0.4, -0.2) is 20.7 Å². The number of aryl methyl sites for hydroxylation is 1. The average Bonchev–Trinajstić information content (AvgIpc) is 3.54. The standard InChI is InChI=1S/C52H48N4O.Pt/c1-35-36(2)49(39-17-9-7-10-18-39)51(50(37(35)3)40-19-11-8-12-20-40)56-34-55(45-24-13-14-25-46(45)56)42-22-15-23-43(32-42)57-44-27-26-38-21-16-30-54(47(38)33-44)48-31-41(28-29-53-48)52(4,5)6;/h7-15,17-20,22-29,31-33H,16,21,30H2,1-6H3;. The van der Waals surface area contributed by atoms with E-state index in [1.54, 1.807) is 0 Å². The van der Waals surface area contributed by atoms with Gasteiger partial charge in [-0.25, -0.2) is 0 Å². The summed E-state index contributed by atoms with van der Waals surface area (Å²) >= 11 is 2.53. The molecule has 1 aliphatic rings. The number of hydrogen-bond acceptors (Lipinski definition) is 3. The second-order valence-electron chi connectivity index (χ2n) is 16.4. The molecule has 3 heterocycles. The van der Waals surface area contributed by atoms with Crippen molar-refractivity contribution in [1.82, 2.24) is 14.1 Å². The van der Waals surface area contributed by atoms with Gasteiger partial charge in [-0.3, -0.25) is 0 Å². The molecule has 8 aromatic rings. The predicted octanol–water partition coefficient (Wildman–Crippen LogP) is 13.3. The normalized spacial score (nSPS) is 12.9. The Labute approximate surface area is 352 Å². The summed E-state index contributed by atoms with van der Waals surface area (Å²) in [5.74, 6) is 2.58. The van der Waals surface area contributed by atoms with E-state index in [2.05, 4.69) is 214 Å². The fourth-order valence-electron chi connectivity index (χ4n) is 8.56. The molecule has 0 fully saturated rings. The molecule has 0 saturated carbocycles. The number of benzene rings is 6. The van der Waals surface area contributed by atoms with E-state index in [9.17, 15) is 0 Å². The molecule has 9 rings (SSSR count). The summed E-state index contributed by atoms with van der Waals surface area (Å²) in [4.78, 5) is 7.18. The SMILES string of the molecule is Cc1c(C)c(-c2ccccc2)c(-n2[c](=[Pt])n(-c3cccc(Oc4ccc5c(c4)N(c4cc(C(C)(C)C)ccn4)CCC5)c3)c3ccccc32)c(-c2ccccc2)c1C. The van der Waals surface area contributed by atoms with E-state index >= 15 is 0 Å². The van der Waals surface area contributed by atoms with Crippen LogP contribution in [0.4, 0.5) is 11.5 Å². The molecule has 0 atom stereocenters. The van der Waals surface area contributed by atoms with Gasteiger partial charge < -0.3 is 0 Å². The summed E-state index contributed by atoms with van der Waals surface area (Å²) in [6.07, 6.45) is 4.07. The van der Waals surface area contributed by atoms with Gasteiger partial charge in [-0.15, -0.1) is 0 Å². The number of anilines is 2. The molecular weight excluding hydrogens is 892 g/mol. The van der Waals surface area contributed by atoms with Gasteiger partial charge >= 0.3 is 310 Å². The summed E-state index contributed by atoms with van der Waals surface area (Å²) in [7, 11) is 0. The zero-order valence-electron chi connectivity index (χ0n) is 34.0. The molecule has 0 radical (unpaired) electrons. The van der Waals surface area contributed by atoms with Crippen LogP contribution < -0.4 is 9.64 Å². The quantitative estimate of drug-likeness (QED) is 0.160. The summed E-state index contributed by atoms with van der Waals surface area (Å²) in [6.45, 7) is 14.5. The van der Waals surface area contributed by atoms with Gasteiger partial charge in [0.05, 0.1) is 0 Å². The van der Waals surface area contributed by atoms with E-state index in [0.29, 0.717) is 0 Å². The Bertz CT molecular complexity index is 2820. The Morgan fingerprint density at radius 2 is 1.24 bits per heavy atom. The van der Waals surface area contributed by atoms with Crippen molar-refractivity contribution in [2.24, 2.45) is 0 Å². The molecule has 0 spiro atoms. The number of hydrogen-bond donors (Lipinski definition) is 0. The van der Waals surface area contributed by atoms with Crippen LogP contribution in [0.5, 0.6) is 11.5 Å². The van der Waals surface area contributed by atoms with Crippen molar-refractivity contribution in [3.05, 3.63) is 177 Å². The van der Waals surface area contributed by atoms with E-state index in [1.807, 2.05) is 6.20 Å². The fraction of sp³-hybridized carbons (Fsp3) is 0.192. The molecule has 6 heteroatoms. The van der Waals surface area contributed by atoms with Crippen molar-refractivity contribution >= 4 is 22.5 Å². The molecule has 5 nitrogen and oxygen atoms in total. The number of rotatable bonds is 7. The van der Waals surface area contributed by atoms with Crippen LogP contribution >= 0.6 is 0 Å². The Balaban J connectivity index is 1.17. The van der Waals surface area contributed by atoms with Crippen LogP contribution in [0.3, 0.4) is 0 Å². The first-order valence-corrected chi connectivity index (χ1v) is 21.3. The zero-order valence-corrected chi connectivity index (χ0v) is 36.3. The van der Waals surface area contributed by atoms with Crippen LogP contribution in [0.1, 0.15) is 55.0 Å². The molecule has 292 valence electrons. The van der Waals surface area contributed by atoms with Crippen LogP contribution in [0.2, 0.25) is 0 Å². The van der Waals surface area contributed by atoms with Gasteiger partial charge in [-0.2, -0.15) is 0 Å². The molecule has 0 N–H and O–H groups in total. The van der Waals surface area contributed by atoms with Crippen LogP contribution in [0.25, 0.3) is 44.7 Å². The minimum absolute atomic E-state index is 0.0425. The van der Waals surface area contributed by atoms with Crippen molar-refractivity contribution in [2.45, 2.75) is 59.8 Å². The Kier molecular flexibility index (Phi) is 9.90. The summed E-state index contributed by atoms with van der Waals surface area (Å²) < 4.78 is 12.6. The molecule has 2 aromatic heterocycles. The molecule has 0 unspecified atom stereocenters. The van der Waals surface area contributed by atoms with E-state index in [1.165, 1.54) is 55.8 Å². The fourth-order valence-corrected chi connectivity index (χ4v) is 9.65. The number of ether oxygens (including phenoxy) is 1. The Hall–Kier alpha value is -5.77. The third-order valence-electron chi connectivity index (χ3n) is 11.8. The van der Waals surface area contributed by atoms with Gasteiger partial charge in [-0.05, 0) is 17.0 Å². The van der Waals surface area contributed by atoms with Crippen LogP contribution in [0, 0.1) is 24.6 Å². The average molecular weight is 940 g/mol. The summed E-state index contributed by atoms with van der Waals surface area (Å²) in [6, 6.07) is 49.8. The second-order valence-corrected chi connectivity index (χ2v) is 17.4. The predicted molar refractivity (Wildman–Crippen MR) is 236 cm³/mol. The van der Waals surface area contributed by atoms with Gasteiger partial charge in [0, 0.05) is 6.20 Å². The number of para-hydroxylation sites is 2. The molecular formula is C52H48N4OPt. The van der Waals surface area contributed by atoms with Crippen molar-refractivity contribution in [1.29, 1.82) is 0 Å². The van der Waals surface area contributed by atoms with Crippen LogP contribution in [0.15, 0.2) is 146 Å². The van der Waals surface area contributed by atoms with Gasteiger partial charge in [0.2, 0.25) is 0 Å². The van der Waals surface area contributed by atoms with Crippen molar-refractivity contribution in [2.75, 3.05) is 11.4 Å². The number of nitrogens with zero attached hydrogens (tertiary/aromatic N) is 4. The van der Waals surface area contributed by atoms with E-state index in [-0.39, 0.29) is 5.41 Å². The van der Waals surface area contributed by atoms with Crippen LogP contribution in [-0.2, 0) is 31.2 Å². The van der Waals surface area contributed by atoms with E-state index in [0.717, 1.165) is 62.9 Å². The molecule has 0 amide bonds. The van der Waals surface area contributed by atoms with Gasteiger partial charge in [0.15, 0.2) is 0 Å². The Morgan fingerprint density at radius 3 is 1.90 bits per heavy atom. The first kappa shape index (κ1) is 37.8. The third kappa shape index (κ3) is 6.76. The third-order valence-corrected chi connectivity index (χ3v) is 12.8. The number of aromatic nitrogens is 3. The maximum absolute atomic E-state index is 6.74. The number of pyridine rings is 1. The van der Waals surface area contributed by atoms with Gasteiger partial charge in [-0.1, -0.05) is 20.8 Å². The summed E-state index contributed by atoms with van der Waals surface area (Å²) in [5, 5.41) is 0. The van der Waals surface area contributed by atoms with Gasteiger partial charge in [0.1, 0.15) is 0 Å². The number of fused-ring (bicyclic) bond motifs is 2. The van der Waals surface area contributed by atoms with Crippen molar-refractivity contribution in [3.63, 3.8) is 0 Å². The molecule has 0 saturated heterocycles. The monoisotopic (exact) mass is 939 g/mol. The first-order valence-electron chi connectivity index (χ1n) is 20.2. The zero-order chi connectivity index (χ0) is 40.1. The first-order chi connectivity index (χ1) is 28.1. The van der Waals surface area contributed by atoms with E-state index < -0.39 is 0 Å². The topological polar surface area (TPSA) is 35.2 Å². The second kappa shape index (κ2) is 15.2. The Morgan fingerprint density at radius 1 is 0.621 bits per heavy atom. The molecule has 1 aliphatic heterocycles. The molecule has 58 heavy (non-hydrogen) atoms. The molecule has 0 bridgehead atoms. The summed E-state index contributed by atoms with van der Waals surface area (Å²) in [5.41, 5.74) is 17.1. The van der Waals surface area contributed by atoms with E-state index in [4.69, 9.17) is 9.72 Å². The molecule has 0 aliphatic carbocycles. The molecule has 6 aromatic carbocycles. The number of imidazole rings is 1.